The van der Waals surface area contributed by atoms with Gasteiger partial charge in [-0.05, 0) is 49.7 Å². The lowest BCUT2D eigenvalue weighted by atomic mass is 10.0. The summed E-state index contributed by atoms with van der Waals surface area (Å²) in [6.45, 7) is 2.67. The molecule has 0 saturated carbocycles. The average molecular weight is 343 g/mol. The van der Waals surface area contributed by atoms with Crippen molar-refractivity contribution in [2.24, 2.45) is 0 Å². The molecular weight excluding hydrogens is 320 g/mol. The van der Waals surface area contributed by atoms with E-state index in [1.807, 2.05) is 48.5 Å². The molecule has 1 aliphatic heterocycles. The normalized spacial score (nSPS) is 16.5. The van der Waals surface area contributed by atoms with Gasteiger partial charge in [0.2, 0.25) is 0 Å². The van der Waals surface area contributed by atoms with E-state index >= 15 is 0 Å². The Morgan fingerprint density at radius 3 is 2.38 bits per heavy atom. The van der Waals surface area contributed by atoms with E-state index in [2.05, 4.69) is 16.3 Å². The Balaban J connectivity index is 1.75. The molecule has 126 valence electrons. The van der Waals surface area contributed by atoms with Crippen molar-refractivity contribution in [3.63, 3.8) is 0 Å². The van der Waals surface area contributed by atoms with E-state index < -0.39 is 0 Å². The van der Waals surface area contributed by atoms with E-state index in [0.717, 1.165) is 23.7 Å². The molecule has 1 amide bonds. The lowest BCUT2D eigenvalue weighted by Crippen LogP contribution is -2.40. The number of likely N-dealkylation sites (tertiary alicyclic amines) is 1. The topological polar surface area (TPSA) is 32.3 Å². The number of halogens is 1. The minimum Gasteiger partial charge on any atom is -0.350 e. The van der Waals surface area contributed by atoms with Gasteiger partial charge in [-0.3, -0.25) is 9.69 Å². The zero-order valence-electron chi connectivity index (χ0n) is 13.7. The molecule has 24 heavy (non-hydrogen) atoms. The molecule has 1 atom stereocenters. The van der Waals surface area contributed by atoms with Crippen LogP contribution < -0.4 is 5.32 Å². The molecular formula is C20H23ClN2O. The van der Waals surface area contributed by atoms with E-state index in [1.54, 1.807) is 0 Å². The van der Waals surface area contributed by atoms with Crippen molar-refractivity contribution in [3.05, 3.63) is 70.7 Å². The third-order valence-electron chi connectivity index (χ3n) is 4.59. The van der Waals surface area contributed by atoms with Crippen LogP contribution in [-0.2, 0) is 0 Å². The molecule has 2 aromatic carbocycles. The van der Waals surface area contributed by atoms with Gasteiger partial charge in [-0.2, -0.15) is 0 Å². The van der Waals surface area contributed by atoms with Gasteiger partial charge in [-0.1, -0.05) is 54.4 Å². The molecule has 0 aromatic heterocycles. The number of carbonyl (C=O) groups is 1. The zero-order chi connectivity index (χ0) is 16.8. The summed E-state index contributed by atoms with van der Waals surface area (Å²) >= 11 is 6.43. The SMILES string of the molecule is O=C(NCC(c1ccccc1Cl)N1CCCCC1)c1ccccc1. The average Bonchev–Trinajstić information content (AvgIpc) is 2.65. The van der Waals surface area contributed by atoms with Crippen LogP contribution in [0, 0.1) is 0 Å². The van der Waals surface area contributed by atoms with Gasteiger partial charge in [0.15, 0.2) is 0 Å². The Kier molecular flexibility index (Phi) is 5.89. The summed E-state index contributed by atoms with van der Waals surface area (Å²) in [7, 11) is 0. The number of hydrogen-bond donors (Lipinski definition) is 1. The second kappa shape index (κ2) is 8.32. The predicted octanol–water partition coefficient (Wildman–Crippen LogP) is 4.30. The molecule has 0 spiro atoms. The minimum atomic E-state index is -0.0373. The van der Waals surface area contributed by atoms with E-state index in [4.69, 9.17) is 11.6 Å². The zero-order valence-corrected chi connectivity index (χ0v) is 14.5. The van der Waals surface area contributed by atoms with Crippen LogP contribution in [0.5, 0.6) is 0 Å². The summed E-state index contributed by atoms with van der Waals surface area (Å²) in [5.74, 6) is -0.0373. The quantitative estimate of drug-likeness (QED) is 0.878. The monoisotopic (exact) mass is 342 g/mol. The van der Waals surface area contributed by atoms with E-state index in [-0.39, 0.29) is 11.9 Å². The Morgan fingerprint density at radius 2 is 1.67 bits per heavy atom. The van der Waals surface area contributed by atoms with Crippen LogP contribution in [0.1, 0.15) is 41.2 Å². The summed E-state index contributed by atoms with van der Waals surface area (Å²) in [5, 5.41) is 3.85. The molecule has 2 aromatic rings. The highest BCUT2D eigenvalue weighted by Crippen LogP contribution is 2.29. The summed E-state index contributed by atoms with van der Waals surface area (Å²) in [4.78, 5) is 14.8. The molecule has 0 radical (unpaired) electrons. The number of nitrogens with one attached hydrogen (secondary N) is 1. The number of benzene rings is 2. The number of hydrogen-bond acceptors (Lipinski definition) is 2. The molecule has 3 nitrogen and oxygen atoms in total. The highest BCUT2D eigenvalue weighted by molar-refractivity contribution is 6.31. The second-order valence-corrected chi connectivity index (χ2v) is 6.62. The molecule has 1 aliphatic rings. The molecule has 1 saturated heterocycles. The van der Waals surface area contributed by atoms with Crippen LogP contribution >= 0.6 is 11.6 Å². The van der Waals surface area contributed by atoms with E-state index in [1.165, 1.54) is 19.3 Å². The van der Waals surface area contributed by atoms with Crippen molar-refractivity contribution in [1.82, 2.24) is 10.2 Å². The Bertz CT molecular complexity index is 668. The van der Waals surface area contributed by atoms with Crippen LogP contribution in [0.3, 0.4) is 0 Å². The van der Waals surface area contributed by atoms with Gasteiger partial charge in [-0.25, -0.2) is 0 Å². The fourth-order valence-electron chi connectivity index (χ4n) is 3.29. The van der Waals surface area contributed by atoms with E-state index in [0.29, 0.717) is 12.1 Å². The van der Waals surface area contributed by atoms with Crippen LogP contribution in [0.25, 0.3) is 0 Å². The lowest BCUT2D eigenvalue weighted by Gasteiger charge is -2.35. The predicted molar refractivity (Wildman–Crippen MR) is 98.4 cm³/mol. The Hall–Kier alpha value is -1.84. The Labute approximate surface area is 148 Å². The van der Waals surface area contributed by atoms with Gasteiger partial charge in [0, 0.05) is 17.1 Å². The number of rotatable bonds is 5. The van der Waals surface area contributed by atoms with Crippen LogP contribution in [0.15, 0.2) is 54.6 Å². The number of amides is 1. The molecule has 0 bridgehead atoms. The van der Waals surface area contributed by atoms with E-state index in [9.17, 15) is 4.79 Å². The molecule has 3 rings (SSSR count). The van der Waals surface area contributed by atoms with Crippen molar-refractivity contribution in [3.8, 4) is 0 Å². The molecule has 1 unspecified atom stereocenters. The highest BCUT2D eigenvalue weighted by atomic mass is 35.5. The maximum Gasteiger partial charge on any atom is 0.251 e. The van der Waals surface area contributed by atoms with Crippen molar-refractivity contribution in [2.75, 3.05) is 19.6 Å². The number of carbonyl (C=O) groups excluding carboxylic acids is 1. The molecule has 1 N–H and O–H groups in total. The summed E-state index contributed by atoms with van der Waals surface area (Å²) in [6.07, 6.45) is 3.68. The maximum absolute atomic E-state index is 12.4. The summed E-state index contributed by atoms with van der Waals surface area (Å²) < 4.78 is 0. The smallest absolute Gasteiger partial charge is 0.251 e. The van der Waals surface area contributed by atoms with Crippen molar-refractivity contribution >= 4 is 17.5 Å². The first-order valence-corrected chi connectivity index (χ1v) is 8.95. The minimum absolute atomic E-state index is 0.0373. The maximum atomic E-state index is 12.4. The fourth-order valence-corrected chi connectivity index (χ4v) is 3.55. The Morgan fingerprint density at radius 1 is 1.00 bits per heavy atom. The standard InChI is InChI=1S/C20H23ClN2O/c21-18-12-6-5-11-17(18)19(23-13-7-2-8-14-23)15-22-20(24)16-9-3-1-4-10-16/h1,3-6,9-12,19H,2,7-8,13-15H2,(H,22,24). The van der Waals surface area contributed by atoms with Crippen molar-refractivity contribution in [1.29, 1.82) is 0 Å². The van der Waals surface area contributed by atoms with Gasteiger partial charge in [0.1, 0.15) is 0 Å². The number of piperidine rings is 1. The summed E-state index contributed by atoms with van der Waals surface area (Å²) in [6, 6.07) is 17.4. The molecule has 1 fully saturated rings. The first-order valence-electron chi connectivity index (χ1n) is 8.57. The van der Waals surface area contributed by atoms with Crippen molar-refractivity contribution < 1.29 is 4.79 Å². The third-order valence-corrected chi connectivity index (χ3v) is 4.93. The first kappa shape index (κ1) is 17.0. The van der Waals surface area contributed by atoms with Gasteiger partial charge in [-0.15, -0.1) is 0 Å². The van der Waals surface area contributed by atoms with Crippen LogP contribution in [0.2, 0.25) is 5.02 Å². The van der Waals surface area contributed by atoms with Gasteiger partial charge in [0.25, 0.3) is 5.91 Å². The largest absolute Gasteiger partial charge is 0.350 e. The molecule has 4 heteroatoms. The number of nitrogens with zero attached hydrogens (tertiary/aromatic N) is 1. The fraction of sp³-hybridized carbons (Fsp3) is 0.350. The van der Waals surface area contributed by atoms with Crippen LogP contribution in [-0.4, -0.2) is 30.4 Å². The second-order valence-electron chi connectivity index (χ2n) is 6.21. The third kappa shape index (κ3) is 4.16. The lowest BCUT2D eigenvalue weighted by molar-refractivity contribution is 0.0924. The highest BCUT2D eigenvalue weighted by Gasteiger charge is 2.24. The summed E-state index contributed by atoms with van der Waals surface area (Å²) in [5.41, 5.74) is 1.78. The van der Waals surface area contributed by atoms with Gasteiger partial charge < -0.3 is 5.32 Å². The first-order chi connectivity index (χ1) is 11.8. The van der Waals surface area contributed by atoms with Gasteiger partial charge in [0.05, 0.1) is 6.04 Å². The van der Waals surface area contributed by atoms with Crippen molar-refractivity contribution in [2.45, 2.75) is 25.3 Å². The molecule has 0 aliphatic carbocycles. The molecule has 1 heterocycles. The van der Waals surface area contributed by atoms with Gasteiger partial charge >= 0.3 is 0 Å². The van der Waals surface area contributed by atoms with Crippen LogP contribution in [0.4, 0.5) is 0 Å².